The SMILES string of the molecule is CC[Si](CC)(CC)O[C@H](C=O)[C@@](O)(c1ccccc1)[C@@H]1CCC(=O)N1Cc1ccc(OC)cc1. The molecule has 0 unspecified atom stereocenters. The monoisotopic (exact) mass is 483 g/mol. The molecule has 1 heterocycles. The summed E-state index contributed by atoms with van der Waals surface area (Å²) in [5, 5.41) is 12.4. The topological polar surface area (TPSA) is 76.1 Å². The van der Waals surface area contributed by atoms with Gasteiger partial charge in [0.15, 0.2) is 14.6 Å². The van der Waals surface area contributed by atoms with Crippen molar-refractivity contribution in [2.45, 2.75) is 76.0 Å². The third-order valence-electron chi connectivity index (χ3n) is 7.45. The predicted octanol–water partition coefficient (Wildman–Crippen LogP) is 4.66. The molecule has 2 aromatic carbocycles. The summed E-state index contributed by atoms with van der Waals surface area (Å²) in [7, 11) is -0.615. The zero-order chi connectivity index (χ0) is 24.8. The molecular formula is C27H37NO5Si. The first-order valence-corrected chi connectivity index (χ1v) is 14.7. The maximum absolute atomic E-state index is 13.0. The van der Waals surface area contributed by atoms with Crippen LogP contribution in [0.5, 0.6) is 5.75 Å². The molecule has 184 valence electrons. The summed E-state index contributed by atoms with van der Waals surface area (Å²) in [6.45, 7) is 6.62. The van der Waals surface area contributed by atoms with Gasteiger partial charge < -0.3 is 24.0 Å². The second-order valence-electron chi connectivity index (χ2n) is 9.03. The second kappa shape index (κ2) is 11.3. The molecule has 0 radical (unpaired) electrons. The number of methoxy groups -OCH3 is 1. The predicted molar refractivity (Wildman–Crippen MR) is 135 cm³/mol. The van der Waals surface area contributed by atoms with Crippen molar-refractivity contribution in [1.29, 1.82) is 0 Å². The molecule has 0 aliphatic carbocycles. The van der Waals surface area contributed by atoms with Gasteiger partial charge in [0.1, 0.15) is 17.5 Å². The Balaban J connectivity index is 2.04. The molecule has 1 N–H and O–H groups in total. The van der Waals surface area contributed by atoms with Gasteiger partial charge in [0.25, 0.3) is 0 Å². The summed E-state index contributed by atoms with van der Waals surface area (Å²) in [5.74, 6) is 0.702. The second-order valence-corrected chi connectivity index (χ2v) is 13.8. The molecule has 1 aliphatic heterocycles. The Kier molecular flexibility index (Phi) is 8.68. The Morgan fingerprint density at radius 3 is 2.24 bits per heavy atom. The average molecular weight is 484 g/mol. The van der Waals surface area contributed by atoms with Gasteiger partial charge in [-0.2, -0.15) is 0 Å². The van der Waals surface area contributed by atoms with Crippen LogP contribution in [0.25, 0.3) is 0 Å². The first-order chi connectivity index (χ1) is 16.4. The summed E-state index contributed by atoms with van der Waals surface area (Å²) in [6, 6.07) is 18.7. The molecule has 7 heteroatoms. The van der Waals surface area contributed by atoms with Crippen molar-refractivity contribution in [3.63, 3.8) is 0 Å². The molecule has 34 heavy (non-hydrogen) atoms. The fraction of sp³-hybridized carbons (Fsp3) is 0.481. The summed E-state index contributed by atoms with van der Waals surface area (Å²) in [4.78, 5) is 27.3. The highest BCUT2D eigenvalue weighted by Crippen LogP contribution is 2.41. The zero-order valence-corrected chi connectivity index (χ0v) is 21.7. The zero-order valence-electron chi connectivity index (χ0n) is 20.7. The van der Waals surface area contributed by atoms with Crippen LogP contribution in [0.15, 0.2) is 54.6 Å². The van der Waals surface area contributed by atoms with Crippen LogP contribution >= 0.6 is 0 Å². The van der Waals surface area contributed by atoms with Crippen molar-refractivity contribution in [3.05, 3.63) is 65.7 Å². The highest BCUT2D eigenvalue weighted by molar-refractivity contribution is 6.73. The Hall–Kier alpha value is -2.48. The third kappa shape index (κ3) is 5.11. The Bertz CT molecular complexity index is 939. The number of hydrogen-bond acceptors (Lipinski definition) is 5. The summed E-state index contributed by atoms with van der Waals surface area (Å²) < 4.78 is 11.8. The van der Waals surface area contributed by atoms with E-state index in [1.165, 1.54) is 0 Å². The van der Waals surface area contributed by atoms with Crippen molar-refractivity contribution in [3.8, 4) is 5.75 Å². The van der Waals surface area contributed by atoms with E-state index >= 15 is 0 Å². The number of hydrogen-bond donors (Lipinski definition) is 1. The standard InChI is InChI=1S/C27H37NO5Si/c1-5-34(6-2,7-3)33-25(20-29)27(31,22-11-9-8-10-12-22)24-17-18-26(30)28(24)19-21-13-15-23(32-4)16-14-21/h8-16,20,24-25,31H,5-7,17-19H2,1-4H3/t24-,25+,27+/m0/s1. The van der Waals surface area contributed by atoms with Crippen LogP contribution in [0.3, 0.4) is 0 Å². The van der Waals surface area contributed by atoms with Gasteiger partial charge in [-0.3, -0.25) is 4.79 Å². The fourth-order valence-electron chi connectivity index (χ4n) is 5.06. The van der Waals surface area contributed by atoms with Crippen molar-refractivity contribution in [2.75, 3.05) is 7.11 Å². The van der Waals surface area contributed by atoms with E-state index in [4.69, 9.17) is 9.16 Å². The molecular weight excluding hydrogens is 446 g/mol. The lowest BCUT2D eigenvalue weighted by atomic mass is 9.80. The van der Waals surface area contributed by atoms with Gasteiger partial charge in [-0.1, -0.05) is 63.2 Å². The lowest BCUT2D eigenvalue weighted by Gasteiger charge is -2.45. The molecule has 1 amide bonds. The average Bonchev–Trinajstić information content (AvgIpc) is 3.26. The van der Waals surface area contributed by atoms with Gasteiger partial charge in [-0.25, -0.2) is 0 Å². The molecule has 0 spiro atoms. The Morgan fingerprint density at radius 2 is 1.71 bits per heavy atom. The quantitative estimate of drug-likeness (QED) is 0.351. The maximum atomic E-state index is 13.0. The molecule has 0 saturated carbocycles. The number of nitrogens with zero attached hydrogens (tertiary/aromatic N) is 1. The molecule has 6 nitrogen and oxygen atoms in total. The Morgan fingerprint density at radius 1 is 1.09 bits per heavy atom. The highest BCUT2D eigenvalue weighted by Gasteiger charge is 2.53. The summed E-state index contributed by atoms with van der Waals surface area (Å²) in [5.41, 5.74) is -0.128. The normalized spacial score (nSPS) is 19.0. The molecule has 0 bridgehead atoms. The summed E-state index contributed by atoms with van der Waals surface area (Å²) >= 11 is 0. The number of carbonyl (C=O) groups is 2. The van der Waals surface area contributed by atoms with Gasteiger partial charge >= 0.3 is 0 Å². The van der Waals surface area contributed by atoms with Gasteiger partial charge in [-0.15, -0.1) is 0 Å². The molecule has 0 aromatic heterocycles. The van der Waals surface area contributed by atoms with Gasteiger partial charge in [0.05, 0.1) is 13.2 Å². The largest absolute Gasteiger partial charge is 0.497 e. The number of rotatable bonds is 12. The minimum absolute atomic E-state index is 0.0372. The van der Waals surface area contributed by atoms with Gasteiger partial charge in [0.2, 0.25) is 5.91 Å². The van der Waals surface area contributed by atoms with Crippen molar-refractivity contribution < 1.29 is 23.9 Å². The number of aldehydes is 1. The van der Waals surface area contributed by atoms with Gasteiger partial charge in [-0.05, 0) is 47.8 Å². The van der Waals surface area contributed by atoms with Crippen LogP contribution in [0.1, 0.15) is 44.7 Å². The van der Waals surface area contributed by atoms with E-state index in [9.17, 15) is 14.7 Å². The number of ether oxygens (including phenoxy) is 1. The molecule has 2 aromatic rings. The van der Waals surface area contributed by atoms with E-state index in [2.05, 4.69) is 20.8 Å². The van der Waals surface area contributed by atoms with E-state index in [1.807, 2.05) is 54.6 Å². The van der Waals surface area contributed by atoms with Crippen LogP contribution in [0.4, 0.5) is 0 Å². The molecule has 1 fully saturated rings. The lowest BCUT2D eigenvalue weighted by molar-refractivity contribution is -0.151. The smallest absolute Gasteiger partial charge is 0.223 e. The van der Waals surface area contributed by atoms with Crippen LogP contribution in [-0.2, 0) is 26.2 Å². The van der Waals surface area contributed by atoms with Gasteiger partial charge in [0, 0.05) is 13.0 Å². The van der Waals surface area contributed by atoms with Crippen molar-refractivity contribution in [2.24, 2.45) is 0 Å². The van der Waals surface area contributed by atoms with E-state index in [1.54, 1.807) is 12.0 Å². The van der Waals surface area contributed by atoms with Crippen LogP contribution in [-0.4, -0.2) is 49.8 Å². The first kappa shape index (κ1) is 26.1. The fourth-order valence-corrected chi connectivity index (χ4v) is 7.83. The number of benzene rings is 2. The van der Waals surface area contributed by atoms with E-state index in [0.29, 0.717) is 24.9 Å². The lowest BCUT2D eigenvalue weighted by Crippen LogP contribution is -2.59. The number of carbonyl (C=O) groups excluding carboxylic acids is 2. The maximum Gasteiger partial charge on any atom is 0.223 e. The molecule has 3 rings (SSSR count). The highest BCUT2D eigenvalue weighted by atomic mass is 28.4. The number of amides is 1. The number of likely N-dealkylation sites (tertiary alicyclic amines) is 1. The molecule has 1 saturated heterocycles. The third-order valence-corrected chi connectivity index (χ3v) is 12.1. The molecule has 3 atom stereocenters. The van der Waals surface area contributed by atoms with E-state index in [0.717, 1.165) is 35.7 Å². The van der Waals surface area contributed by atoms with Crippen molar-refractivity contribution in [1.82, 2.24) is 4.90 Å². The van der Waals surface area contributed by atoms with Crippen LogP contribution < -0.4 is 4.74 Å². The van der Waals surface area contributed by atoms with Crippen molar-refractivity contribution >= 4 is 20.5 Å². The van der Waals surface area contributed by atoms with Crippen LogP contribution in [0.2, 0.25) is 18.1 Å². The first-order valence-electron chi connectivity index (χ1n) is 12.2. The van der Waals surface area contributed by atoms with Crippen LogP contribution in [0, 0.1) is 0 Å². The van der Waals surface area contributed by atoms with E-state index in [-0.39, 0.29) is 5.91 Å². The minimum Gasteiger partial charge on any atom is -0.497 e. The molecule has 1 aliphatic rings. The van der Waals surface area contributed by atoms with E-state index < -0.39 is 26.1 Å². The Labute approximate surface area is 204 Å². The number of aliphatic hydroxyl groups is 1. The minimum atomic E-state index is -2.23. The summed E-state index contributed by atoms with van der Waals surface area (Å²) in [6.07, 6.45) is 0.451.